The molecule has 1 saturated heterocycles. The van der Waals surface area contributed by atoms with Crippen molar-refractivity contribution in [3.05, 3.63) is 12.0 Å². The van der Waals surface area contributed by atoms with Gasteiger partial charge in [-0.25, -0.2) is 0 Å². The molecule has 1 unspecified atom stereocenters. The molecule has 1 rings (SSSR count). The Balaban J connectivity index is 1.68. The first-order valence-electron chi connectivity index (χ1n) is 10.4. The Morgan fingerprint density at radius 2 is 1.33 bits per heavy atom. The van der Waals surface area contributed by atoms with Crippen LogP contribution in [0.1, 0.15) is 103 Å². The zero-order valence-electron chi connectivity index (χ0n) is 15.9. The van der Waals surface area contributed by atoms with Crippen molar-refractivity contribution in [3.8, 4) is 0 Å². The van der Waals surface area contributed by atoms with Gasteiger partial charge < -0.3 is 14.6 Å². The van der Waals surface area contributed by atoms with E-state index in [4.69, 9.17) is 9.47 Å². The first-order valence-corrected chi connectivity index (χ1v) is 10.4. The van der Waals surface area contributed by atoms with E-state index in [-0.39, 0.29) is 6.10 Å². The number of hydrogen-bond donors (Lipinski definition) is 1. The highest BCUT2D eigenvalue weighted by atomic mass is 16.6. The molecule has 3 heteroatoms. The van der Waals surface area contributed by atoms with Gasteiger partial charge in [0.1, 0.15) is 12.0 Å². The summed E-state index contributed by atoms with van der Waals surface area (Å²) in [5, 5.41) is 9.53. The van der Waals surface area contributed by atoms with E-state index in [0.717, 1.165) is 13.0 Å². The lowest BCUT2D eigenvalue weighted by Crippen LogP contribution is -1.93. The van der Waals surface area contributed by atoms with Crippen molar-refractivity contribution in [2.75, 3.05) is 13.2 Å². The van der Waals surface area contributed by atoms with Crippen LogP contribution in [0.2, 0.25) is 0 Å². The van der Waals surface area contributed by atoms with E-state index in [2.05, 4.69) is 6.92 Å². The van der Waals surface area contributed by atoms with Gasteiger partial charge >= 0.3 is 0 Å². The predicted octanol–water partition coefficient (Wildman–Crippen LogP) is 6.67. The Kier molecular flexibility index (Phi) is 14.1. The van der Waals surface area contributed by atoms with E-state index in [1.165, 1.54) is 89.7 Å². The van der Waals surface area contributed by atoms with Gasteiger partial charge in [0.2, 0.25) is 0 Å². The first kappa shape index (κ1) is 21.3. The van der Waals surface area contributed by atoms with Crippen LogP contribution in [0.15, 0.2) is 12.0 Å². The lowest BCUT2D eigenvalue weighted by Gasteiger charge is -2.04. The van der Waals surface area contributed by atoms with Gasteiger partial charge in [-0.2, -0.15) is 0 Å². The smallest absolute Gasteiger partial charge is 0.129 e. The molecule has 1 fully saturated rings. The molecule has 142 valence electrons. The monoisotopic (exact) mass is 340 g/mol. The summed E-state index contributed by atoms with van der Waals surface area (Å²) in [6, 6.07) is 0. The zero-order chi connectivity index (χ0) is 17.3. The number of epoxide rings is 1. The topological polar surface area (TPSA) is 42.0 Å². The lowest BCUT2D eigenvalue weighted by molar-refractivity contribution is 0.216. The molecule has 0 amide bonds. The van der Waals surface area contributed by atoms with Gasteiger partial charge in [-0.05, 0) is 6.42 Å². The Labute approximate surface area is 149 Å². The van der Waals surface area contributed by atoms with Crippen LogP contribution >= 0.6 is 0 Å². The molecule has 1 heterocycles. The standard InChI is InChI=1S/C21H40O3/c1-2-3-4-5-6-7-8-9-10-11-12-13-14-15-16-23-18-20(22)17-21-19-24-21/h18,21-22H,2-17,19H2,1H3. The highest BCUT2D eigenvalue weighted by Crippen LogP contribution is 2.17. The summed E-state index contributed by atoms with van der Waals surface area (Å²) in [6.45, 7) is 3.77. The van der Waals surface area contributed by atoms with E-state index >= 15 is 0 Å². The molecule has 0 aromatic heterocycles. The van der Waals surface area contributed by atoms with Gasteiger partial charge in [0.25, 0.3) is 0 Å². The largest absolute Gasteiger partial charge is 0.509 e. The van der Waals surface area contributed by atoms with Crippen molar-refractivity contribution in [2.24, 2.45) is 0 Å². The molecule has 1 aliphatic rings. The highest BCUT2D eigenvalue weighted by Gasteiger charge is 2.23. The molecule has 0 saturated carbocycles. The molecular weight excluding hydrogens is 300 g/mol. The Bertz CT molecular complexity index is 297. The number of unbranched alkanes of at least 4 members (excludes halogenated alkanes) is 13. The van der Waals surface area contributed by atoms with Crippen LogP contribution in [0.3, 0.4) is 0 Å². The predicted molar refractivity (Wildman–Crippen MR) is 101 cm³/mol. The van der Waals surface area contributed by atoms with Crippen LogP contribution in [-0.2, 0) is 9.47 Å². The lowest BCUT2D eigenvalue weighted by atomic mass is 10.0. The Morgan fingerprint density at radius 3 is 1.79 bits per heavy atom. The van der Waals surface area contributed by atoms with Crippen LogP contribution in [0.4, 0.5) is 0 Å². The average molecular weight is 341 g/mol. The second-order valence-electron chi connectivity index (χ2n) is 7.24. The fourth-order valence-electron chi connectivity index (χ4n) is 3.00. The molecule has 0 aliphatic carbocycles. The number of hydrogen-bond acceptors (Lipinski definition) is 3. The van der Waals surface area contributed by atoms with Gasteiger partial charge in [0.15, 0.2) is 0 Å². The molecule has 3 nitrogen and oxygen atoms in total. The van der Waals surface area contributed by atoms with Gasteiger partial charge in [0.05, 0.1) is 19.3 Å². The fraction of sp³-hybridized carbons (Fsp3) is 0.905. The summed E-state index contributed by atoms with van der Waals surface area (Å²) in [6.07, 6.45) is 21.5. The van der Waals surface area contributed by atoms with Crippen molar-refractivity contribution in [1.82, 2.24) is 0 Å². The molecule has 0 radical (unpaired) electrons. The van der Waals surface area contributed by atoms with Gasteiger partial charge in [0, 0.05) is 6.42 Å². The second-order valence-corrected chi connectivity index (χ2v) is 7.24. The van der Waals surface area contributed by atoms with E-state index < -0.39 is 0 Å². The molecular formula is C21H40O3. The van der Waals surface area contributed by atoms with Gasteiger partial charge in [-0.15, -0.1) is 0 Å². The third-order valence-corrected chi connectivity index (χ3v) is 4.67. The van der Waals surface area contributed by atoms with Crippen LogP contribution in [0.25, 0.3) is 0 Å². The summed E-state index contributed by atoms with van der Waals surface area (Å²) >= 11 is 0. The van der Waals surface area contributed by atoms with Crippen molar-refractivity contribution < 1.29 is 14.6 Å². The molecule has 1 aliphatic heterocycles. The summed E-state index contributed by atoms with van der Waals surface area (Å²) in [5.74, 6) is 0.308. The summed E-state index contributed by atoms with van der Waals surface area (Å²) in [4.78, 5) is 0. The van der Waals surface area contributed by atoms with Crippen LogP contribution in [0, 0.1) is 0 Å². The normalized spacial score (nSPS) is 17.2. The first-order chi connectivity index (χ1) is 11.8. The van der Waals surface area contributed by atoms with Crippen molar-refractivity contribution in [2.45, 2.75) is 109 Å². The van der Waals surface area contributed by atoms with Crippen LogP contribution in [0.5, 0.6) is 0 Å². The third kappa shape index (κ3) is 14.9. The SMILES string of the molecule is CCCCCCCCCCCCCCCCOC=C(O)CC1CO1. The van der Waals surface area contributed by atoms with E-state index in [1.807, 2.05) is 0 Å². The molecule has 0 spiro atoms. The summed E-state index contributed by atoms with van der Waals surface area (Å²) in [5.41, 5.74) is 0. The van der Waals surface area contributed by atoms with Crippen molar-refractivity contribution in [1.29, 1.82) is 0 Å². The van der Waals surface area contributed by atoms with Crippen LogP contribution < -0.4 is 0 Å². The zero-order valence-corrected chi connectivity index (χ0v) is 15.9. The van der Waals surface area contributed by atoms with Gasteiger partial charge in [-0.1, -0.05) is 90.4 Å². The summed E-state index contributed by atoms with van der Waals surface area (Å²) in [7, 11) is 0. The van der Waals surface area contributed by atoms with Crippen LogP contribution in [-0.4, -0.2) is 24.4 Å². The van der Waals surface area contributed by atoms with E-state index in [0.29, 0.717) is 18.8 Å². The maximum atomic E-state index is 9.53. The molecule has 24 heavy (non-hydrogen) atoms. The molecule has 0 aromatic rings. The average Bonchev–Trinajstić information content (AvgIpc) is 3.38. The molecule has 1 N–H and O–H groups in total. The second kappa shape index (κ2) is 15.8. The maximum Gasteiger partial charge on any atom is 0.129 e. The Hall–Kier alpha value is -0.700. The Morgan fingerprint density at radius 1 is 0.875 bits per heavy atom. The number of rotatable bonds is 18. The minimum Gasteiger partial charge on any atom is -0.509 e. The van der Waals surface area contributed by atoms with E-state index in [9.17, 15) is 5.11 Å². The molecule has 0 aromatic carbocycles. The minimum absolute atomic E-state index is 0.228. The number of aliphatic hydroxyl groups is 1. The van der Waals surface area contributed by atoms with Crippen molar-refractivity contribution in [3.63, 3.8) is 0 Å². The maximum absolute atomic E-state index is 9.53. The summed E-state index contributed by atoms with van der Waals surface area (Å²) < 4.78 is 10.4. The molecule has 0 bridgehead atoms. The minimum atomic E-state index is 0.228. The fourth-order valence-corrected chi connectivity index (χ4v) is 3.00. The quantitative estimate of drug-likeness (QED) is 0.172. The van der Waals surface area contributed by atoms with Crippen molar-refractivity contribution >= 4 is 0 Å². The molecule has 1 atom stereocenters. The number of ether oxygens (including phenoxy) is 2. The highest BCUT2D eigenvalue weighted by molar-refractivity contribution is 4.91. The third-order valence-electron chi connectivity index (χ3n) is 4.67. The number of aliphatic hydroxyl groups excluding tert-OH is 1. The van der Waals surface area contributed by atoms with Gasteiger partial charge in [-0.3, -0.25) is 0 Å². The van der Waals surface area contributed by atoms with E-state index in [1.54, 1.807) is 0 Å².